The van der Waals surface area contributed by atoms with Crippen LogP contribution < -0.4 is 5.32 Å². The highest BCUT2D eigenvalue weighted by molar-refractivity contribution is 8.01. The zero-order valence-corrected chi connectivity index (χ0v) is 19.5. The molecule has 2 aromatic heterocycles. The van der Waals surface area contributed by atoms with Gasteiger partial charge in [0.2, 0.25) is 11.0 Å². The molecule has 168 valence electrons. The number of nitrogens with zero attached hydrogens (tertiary/aromatic N) is 3. The number of anilines is 1. The SMILES string of the molecule is O=C(CSc1nnc(NCc2ccc(F)cc2)s1)c1ccc(CC(=O)N2CCOCC2)s1. The van der Waals surface area contributed by atoms with Gasteiger partial charge in [-0.25, -0.2) is 4.39 Å². The third-order valence-corrected chi connectivity index (χ3v) is 7.86. The number of amides is 1. The number of ether oxygens (including phenoxy) is 1. The van der Waals surface area contributed by atoms with Crippen molar-refractivity contribution < 1.29 is 18.7 Å². The van der Waals surface area contributed by atoms with Crippen LogP contribution in [-0.2, 0) is 22.5 Å². The Labute approximate surface area is 197 Å². The van der Waals surface area contributed by atoms with E-state index in [1.54, 1.807) is 23.1 Å². The van der Waals surface area contributed by atoms with Crippen LogP contribution in [0, 0.1) is 5.82 Å². The number of ketones is 1. The summed E-state index contributed by atoms with van der Waals surface area (Å²) in [5, 5.41) is 12.0. The average molecular weight is 493 g/mol. The van der Waals surface area contributed by atoms with Gasteiger partial charge >= 0.3 is 0 Å². The van der Waals surface area contributed by atoms with Gasteiger partial charge in [-0.3, -0.25) is 9.59 Å². The van der Waals surface area contributed by atoms with Crippen molar-refractivity contribution >= 4 is 51.3 Å². The number of benzene rings is 1. The molecule has 0 saturated carbocycles. The number of aromatic nitrogens is 2. The maximum absolute atomic E-state index is 13.0. The lowest BCUT2D eigenvalue weighted by atomic mass is 10.2. The van der Waals surface area contributed by atoms with E-state index in [2.05, 4.69) is 15.5 Å². The zero-order valence-electron chi connectivity index (χ0n) is 17.1. The fraction of sp³-hybridized carbons (Fsp3) is 0.333. The lowest BCUT2D eigenvalue weighted by molar-refractivity contribution is -0.134. The molecule has 1 aromatic carbocycles. The van der Waals surface area contributed by atoms with Crippen molar-refractivity contribution in [1.29, 1.82) is 0 Å². The predicted molar refractivity (Wildman–Crippen MR) is 124 cm³/mol. The molecule has 1 N–H and O–H groups in total. The van der Waals surface area contributed by atoms with E-state index in [9.17, 15) is 14.0 Å². The number of rotatable bonds is 9. The molecule has 0 atom stereocenters. The molecule has 11 heteroatoms. The summed E-state index contributed by atoms with van der Waals surface area (Å²) in [5.74, 6) is 0.0537. The van der Waals surface area contributed by atoms with Gasteiger partial charge in [-0.1, -0.05) is 35.2 Å². The topological polar surface area (TPSA) is 84.4 Å². The lowest BCUT2D eigenvalue weighted by Gasteiger charge is -2.26. The number of hydrogen-bond donors (Lipinski definition) is 1. The maximum Gasteiger partial charge on any atom is 0.227 e. The molecule has 0 unspecified atom stereocenters. The van der Waals surface area contributed by atoms with Crippen LogP contribution in [0.5, 0.6) is 0 Å². The van der Waals surface area contributed by atoms with Crippen molar-refractivity contribution in [3.8, 4) is 0 Å². The summed E-state index contributed by atoms with van der Waals surface area (Å²) in [5.41, 5.74) is 0.937. The summed E-state index contributed by atoms with van der Waals surface area (Å²) in [7, 11) is 0. The molecule has 0 bridgehead atoms. The number of hydrogen-bond acceptors (Lipinski definition) is 9. The van der Waals surface area contributed by atoms with Crippen LogP contribution in [0.25, 0.3) is 0 Å². The minimum absolute atomic E-state index is 0.00101. The van der Waals surface area contributed by atoms with E-state index < -0.39 is 0 Å². The van der Waals surface area contributed by atoms with Gasteiger partial charge in [0.05, 0.1) is 30.3 Å². The number of thioether (sulfide) groups is 1. The number of nitrogens with one attached hydrogen (secondary N) is 1. The average Bonchev–Trinajstić information content (AvgIpc) is 3.47. The highest BCUT2D eigenvalue weighted by Crippen LogP contribution is 2.28. The summed E-state index contributed by atoms with van der Waals surface area (Å²) in [4.78, 5) is 28.3. The molecule has 1 fully saturated rings. The van der Waals surface area contributed by atoms with Crippen LogP contribution in [0.4, 0.5) is 9.52 Å². The van der Waals surface area contributed by atoms with Gasteiger partial charge in [-0.2, -0.15) is 0 Å². The van der Waals surface area contributed by atoms with Crippen molar-refractivity contribution in [2.24, 2.45) is 0 Å². The van der Waals surface area contributed by atoms with E-state index >= 15 is 0 Å². The summed E-state index contributed by atoms with van der Waals surface area (Å²) in [6, 6.07) is 9.88. The molecule has 1 aliphatic heterocycles. The first-order chi connectivity index (χ1) is 15.6. The normalized spacial score (nSPS) is 13.8. The van der Waals surface area contributed by atoms with E-state index in [0.29, 0.717) is 53.6 Å². The van der Waals surface area contributed by atoms with Crippen LogP contribution in [0.2, 0.25) is 0 Å². The molecule has 0 aliphatic carbocycles. The predicted octanol–water partition coefficient (Wildman–Crippen LogP) is 3.73. The molecule has 4 rings (SSSR count). The monoisotopic (exact) mass is 492 g/mol. The van der Waals surface area contributed by atoms with Gasteiger partial charge in [0.25, 0.3) is 0 Å². The Morgan fingerprint density at radius 1 is 1.09 bits per heavy atom. The van der Waals surface area contributed by atoms with Crippen molar-refractivity contribution in [3.63, 3.8) is 0 Å². The molecular weight excluding hydrogens is 471 g/mol. The van der Waals surface area contributed by atoms with Crippen molar-refractivity contribution in [3.05, 3.63) is 57.5 Å². The zero-order chi connectivity index (χ0) is 22.3. The van der Waals surface area contributed by atoms with Gasteiger partial charge in [0.1, 0.15) is 5.82 Å². The van der Waals surface area contributed by atoms with Gasteiger partial charge in [-0.05, 0) is 29.8 Å². The largest absolute Gasteiger partial charge is 0.378 e. The van der Waals surface area contributed by atoms with E-state index in [1.165, 1.54) is 46.6 Å². The van der Waals surface area contributed by atoms with Crippen LogP contribution in [-0.4, -0.2) is 58.8 Å². The van der Waals surface area contributed by atoms with Gasteiger partial charge < -0.3 is 15.0 Å². The first-order valence-electron chi connectivity index (χ1n) is 9.99. The molecule has 32 heavy (non-hydrogen) atoms. The van der Waals surface area contributed by atoms with Gasteiger partial charge in [0.15, 0.2) is 10.1 Å². The first kappa shape index (κ1) is 22.8. The molecule has 7 nitrogen and oxygen atoms in total. The molecule has 0 spiro atoms. The molecule has 1 saturated heterocycles. The van der Waals surface area contributed by atoms with Crippen molar-refractivity contribution in [1.82, 2.24) is 15.1 Å². The Morgan fingerprint density at radius 3 is 2.66 bits per heavy atom. The van der Waals surface area contributed by atoms with Crippen LogP contribution >= 0.6 is 34.4 Å². The van der Waals surface area contributed by atoms with E-state index in [-0.39, 0.29) is 23.3 Å². The minimum Gasteiger partial charge on any atom is -0.378 e. The van der Waals surface area contributed by atoms with E-state index in [4.69, 9.17) is 4.74 Å². The molecule has 1 amide bonds. The Morgan fingerprint density at radius 2 is 1.88 bits per heavy atom. The second-order valence-corrected chi connectivity index (χ2v) is 10.4. The number of carbonyl (C=O) groups excluding carboxylic acids is 2. The van der Waals surface area contributed by atoms with E-state index in [1.807, 2.05) is 6.07 Å². The molecular formula is C21H21FN4O3S3. The number of carbonyl (C=O) groups is 2. The number of halogens is 1. The van der Waals surface area contributed by atoms with Crippen LogP contribution in [0.1, 0.15) is 20.1 Å². The van der Waals surface area contributed by atoms with Crippen LogP contribution in [0.3, 0.4) is 0 Å². The molecule has 0 radical (unpaired) electrons. The summed E-state index contributed by atoms with van der Waals surface area (Å²) >= 11 is 4.07. The summed E-state index contributed by atoms with van der Waals surface area (Å²) < 4.78 is 18.9. The second kappa shape index (κ2) is 11.0. The standard InChI is InChI=1S/C21H21FN4O3S3/c22-15-3-1-14(2-4-15)12-23-20-24-25-21(32-20)30-13-17(27)18-6-5-16(31-18)11-19(28)26-7-9-29-10-8-26/h1-6H,7-13H2,(H,23,24). The fourth-order valence-electron chi connectivity index (χ4n) is 3.01. The highest BCUT2D eigenvalue weighted by Gasteiger charge is 2.19. The molecule has 3 aromatic rings. The Balaban J connectivity index is 1.23. The number of Topliss-reactive ketones (excluding diaryl/α,β-unsaturated/α-hetero) is 1. The Kier molecular flexibility index (Phi) is 7.85. The Bertz CT molecular complexity index is 1060. The maximum atomic E-state index is 13.0. The third-order valence-electron chi connectivity index (χ3n) is 4.72. The van der Waals surface area contributed by atoms with E-state index in [0.717, 1.165) is 10.4 Å². The number of thiophene rings is 1. The van der Waals surface area contributed by atoms with Gasteiger partial charge in [-0.15, -0.1) is 21.5 Å². The minimum atomic E-state index is -0.269. The van der Waals surface area contributed by atoms with Crippen molar-refractivity contribution in [2.45, 2.75) is 17.3 Å². The smallest absolute Gasteiger partial charge is 0.227 e. The van der Waals surface area contributed by atoms with Crippen LogP contribution in [0.15, 0.2) is 40.7 Å². The first-order valence-corrected chi connectivity index (χ1v) is 12.6. The fourth-order valence-corrected chi connectivity index (χ4v) is 5.67. The quantitative estimate of drug-likeness (QED) is 0.360. The van der Waals surface area contributed by atoms with Crippen molar-refractivity contribution in [2.75, 3.05) is 37.4 Å². The summed E-state index contributed by atoms with van der Waals surface area (Å²) in [6.07, 6.45) is 0.310. The highest BCUT2D eigenvalue weighted by atomic mass is 32.2. The third kappa shape index (κ3) is 6.35. The number of morpholine rings is 1. The molecule has 3 heterocycles. The Hall–Kier alpha value is -2.34. The lowest BCUT2D eigenvalue weighted by Crippen LogP contribution is -2.41. The second-order valence-electron chi connectivity index (χ2n) is 7.00. The van der Waals surface area contributed by atoms with Gasteiger partial charge in [0, 0.05) is 24.5 Å². The molecule has 1 aliphatic rings. The summed E-state index contributed by atoms with van der Waals surface area (Å²) in [6.45, 7) is 2.91.